The normalized spacial score (nSPS) is 13.6. The van der Waals surface area contributed by atoms with Crippen molar-refractivity contribution in [3.05, 3.63) is 16.6 Å². The number of carbonyl (C=O) groups is 1. The maximum Gasteiger partial charge on any atom is 0.323 e. The Balaban J connectivity index is 2.47. The number of carbonyl (C=O) groups excluding carboxylic acids is 1. The monoisotopic (exact) mass is 228 g/mol. The van der Waals surface area contributed by atoms with E-state index in [0.29, 0.717) is 6.42 Å². The molecule has 1 heterocycles. The number of nitrogens with zero attached hydrogens (tertiary/aromatic N) is 1. The van der Waals surface area contributed by atoms with E-state index in [9.17, 15) is 4.79 Å². The smallest absolute Gasteiger partial charge is 0.323 e. The van der Waals surface area contributed by atoms with Gasteiger partial charge in [0.2, 0.25) is 0 Å². The molecule has 0 fully saturated rings. The van der Waals surface area contributed by atoms with E-state index in [0.717, 1.165) is 4.88 Å². The third-order valence-electron chi connectivity index (χ3n) is 1.61. The number of aromatic nitrogens is 1. The van der Waals surface area contributed by atoms with E-state index in [1.165, 1.54) is 11.3 Å². The molecule has 84 valence electrons. The summed E-state index contributed by atoms with van der Waals surface area (Å²) in [5.41, 5.74) is 6.96. The largest absolute Gasteiger partial charge is 0.459 e. The maximum atomic E-state index is 11.5. The molecule has 0 aromatic carbocycles. The standard InChI is InChI=1S/C10H16N2O2S/c1-10(2,3)14-9(13)8(11)4-7-5-12-6-15-7/h5-6,8H,4,11H2,1-3H3. The zero-order valence-electron chi connectivity index (χ0n) is 9.19. The summed E-state index contributed by atoms with van der Waals surface area (Å²) in [6.45, 7) is 5.47. The molecule has 0 saturated heterocycles. The van der Waals surface area contributed by atoms with Crippen LogP contribution in [-0.2, 0) is 16.0 Å². The molecule has 0 amide bonds. The fraction of sp³-hybridized carbons (Fsp3) is 0.600. The average Bonchev–Trinajstić information content (AvgIpc) is 2.53. The van der Waals surface area contributed by atoms with Gasteiger partial charge >= 0.3 is 5.97 Å². The highest BCUT2D eigenvalue weighted by atomic mass is 32.1. The van der Waals surface area contributed by atoms with Gasteiger partial charge in [-0.1, -0.05) is 0 Å². The molecule has 5 heteroatoms. The minimum absolute atomic E-state index is 0.365. The quantitative estimate of drug-likeness (QED) is 0.793. The van der Waals surface area contributed by atoms with Gasteiger partial charge in [-0.3, -0.25) is 9.78 Å². The summed E-state index contributed by atoms with van der Waals surface area (Å²) in [7, 11) is 0. The van der Waals surface area contributed by atoms with Crippen molar-refractivity contribution in [1.29, 1.82) is 0 Å². The molecule has 4 nitrogen and oxygen atoms in total. The highest BCUT2D eigenvalue weighted by Gasteiger charge is 2.22. The lowest BCUT2D eigenvalue weighted by Gasteiger charge is -2.21. The van der Waals surface area contributed by atoms with Gasteiger partial charge in [-0.25, -0.2) is 0 Å². The van der Waals surface area contributed by atoms with E-state index in [2.05, 4.69) is 4.98 Å². The van der Waals surface area contributed by atoms with E-state index >= 15 is 0 Å². The predicted octanol–water partition coefficient (Wildman–Crippen LogP) is 1.35. The minimum atomic E-state index is -0.607. The summed E-state index contributed by atoms with van der Waals surface area (Å²) >= 11 is 1.49. The first-order valence-corrected chi connectivity index (χ1v) is 5.62. The molecule has 1 rings (SSSR count). The number of hydrogen-bond acceptors (Lipinski definition) is 5. The Labute approximate surface area is 93.5 Å². The molecule has 0 saturated carbocycles. The van der Waals surface area contributed by atoms with Gasteiger partial charge < -0.3 is 10.5 Å². The van der Waals surface area contributed by atoms with E-state index in [1.807, 2.05) is 20.8 Å². The van der Waals surface area contributed by atoms with Crippen molar-refractivity contribution >= 4 is 17.3 Å². The number of esters is 1. The summed E-state index contributed by atoms with van der Waals surface area (Å²) in [6.07, 6.45) is 2.20. The van der Waals surface area contributed by atoms with Crippen LogP contribution in [0.3, 0.4) is 0 Å². The van der Waals surface area contributed by atoms with Gasteiger partial charge in [-0.05, 0) is 20.8 Å². The molecule has 1 atom stereocenters. The number of thiazole rings is 1. The van der Waals surface area contributed by atoms with Gasteiger partial charge in [-0.2, -0.15) is 0 Å². The summed E-state index contributed by atoms with van der Waals surface area (Å²) in [4.78, 5) is 16.4. The van der Waals surface area contributed by atoms with Crippen molar-refractivity contribution < 1.29 is 9.53 Å². The predicted molar refractivity (Wildman–Crippen MR) is 59.6 cm³/mol. The molecule has 0 aliphatic rings. The van der Waals surface area contributed by atoms with Crippen LogP contribution in [0.25, 0.3) is 0 Å². The summed E-state index contributed by atoms with van der Waals surface area (Å²) in [6, 6.07) is -0.607. The van der Waals surface area contributed by atoms with Crippen molar-refractivity contribution in [3.8, 4) is 0 Å². The molecule has 0 spiro atoms. The molecular weight excluding hydrogens is 212 g/mol. The van der Waals surface area contributed by atoms with E-state index in [4.69, 9.17) is 10.5 Å². The van der Waals surface area contributed by atoms with Gasteiger partial charge in [0.25, 0.3) is 0 Å². The van der Waals surface area contributed by atoms with Gasteiger partial charge in [0.05, 0.1) is 5.51 Å². The molecule has 0 radical (unpaired) electrons. The van der Waals surface area contributed by atoms with Crippen molar-refractivity contribution in [2.45, 2.75) is 38.8 Å². The molecule has 0 aliphatic carbocycles. The Kier molecular flexibility index (Phi) is 3.82. The molecular formula is C10H16N2O2S. The van der Waals surface area contributed by atoms with Crippen LogP contribution in [0, 0.1) is 0 Å². The Hall–Kier alpha value is -0.940. The van der Waals surface area contributed by atoms with Crippen molar-refractivity contribution in [3.63, 3.8) is 0 Å². The van der Waals surface area contributed by atoms with Crippen LogP contribution in [0.2, 0.25) is 0 Å². The average molecular weight is 228 g/mol. The highest BCUT2D eigenvalue weighted by Crippen LogP contribution is 2.12. The van der Waals surface area contributed by atoms with Crippen molar-refractivity contribution in [2.75, 3.05) is 0 Å². The highest BCUT2D eigenvalue weighted by molar-refractivity contribution is 7.09. The first kappa shape index (κ1) is 12.1. The van der Waals surface area contributed by atoms with Crippen LogP contribution in [-0.4, -0.2) is 22.6 Å². The fourth-order valence-corrected chi connectivity index (χ4v) is 1.68. The summed E-state index contributed by atoms with van der Waals surface area (Å²) in [5.74, 6) is -0.365. The molecule has 15 heavy (non-hydrogen) atoms. The Morgan fingerprint density at radius 2 is 2.33 bits per heavy atom. The lowest BCUT2D eigenvalue weighted by molar-refractivity contribution is -0.156. The van der Waals surface area contributed by atoms with Crippen LogP contribution in [0.1, 0.15) is 25.6 Å². The summed E-state index contributed by atoms with van der Waals surface area (Å²) in [5, 5.41) is 0. The van der Waals surface area contributed by atoms with Gasteiger partial charge in [-0.15, -0.1) is 11.3 Å². The summed E-state index contributed by atoms with van der Waals surface area (Å²) < 4.78 is 5.17. The number of hydrogen-bond donors (Lipinski definition) is 1. The van der Waals surface area contributed by atoms with E-state index in [1.54, 1.807) is 11.7 Å². The molecule has 1 aromatic rings. The Morgan fingerprint density at radius 1 is 1.67 bits per heavy atom. The van der Waals surface area contributed by atoms with Crippen LogP contribution >= 0.6 is 11.3 Å². The van der Waals surface area contributed by atoms with E-state index < -0.39 is 11.6 Å². The third kappa shape index (κ3) is 4.40. The molecule has 0 bridgehead atoms. The lowest BCUT2D eigenvalue weighted by atomic mass is 10.1. The molecule has 1 unspecified atom stereocenters. The van der Waals surface area contributed by atoms with Crippen LogP contribution in [0.15, 0.2) is 11.7 Å². The number of nitrogens with two attached hydrogens (primary N) is 1. The minimum Gasteiger partial charge on any atom is -0.459 e. The zero-order valence-corrected chi connectivity index (χ0v) is 10.0. The van der Waals surface area contributed by atoms with Gasteiger partial charge in [0.15, 0.2) is 0 Å². The second-order valence-electron chi connectivity index (χ2n) is 4.31. The zero-order chi connectivity index (χ0) is 11.5. The van der Waals surface area contributed by atoms with Crippen molar-refractivity contribution in [2.24, 2.45) is 5.73 Å². The molecule has 1 aromatic heterocycles. The number of rotatable bonds is 3. The second-order valence-corrected chi connectivity index (χ2v) is 5.28. The third-order valence-corrected chi connectivity index (χ3v) is 2.42. The van der Waals surface area contributed by atoms with Gasteiger partial charge in [0, 0.05) is 17.5 Å². The lowest BCUT2D eigenvalue weighted by Crippen LogP contribution is -2.38. The number of ether oxygens (including phenoxy) is 1. The topological polar surface area (TPSA) is 65.2 Å². The van der Waals surface area contributed by atoms with Crippen LogP contribution in [0.4, 0.5) is 0 Å². The van der Waals surface area contributed by atoms with Crippen LogP contribution in [0.5, 0.6) is 0 Å². The Morgan fingerprint density at radius 3 is 2.80 bits per heavy atom. The van der Waals surface area contributed by atoms with Crippen molar-refractivity contribution in [1.82, 2.24) is 4.98 Å². The van der Waals surface area contributed by atoms with E-state index in [-0.39, 0.29) is 5.97 Å². The SMILES string of the molecule is CC(C)(C)OC(=O)C(N)Cc1cncs1. The first-order chi connectivity index (χ1) is 6.88. The Bertz CT molecular complexity index is 317. The first-order valence-electron chi connectivity index (χ1n) is 4.74. The van der Waals surface area contributed by atoms with Crippen LogP contribution < -0.4 is 5.73 Å². The fourth-order valence-electron chi connectivity index (χ4n) is 1.02. The second kappa shape index (κ2) is 4.72. The molecule has 0 aliphatic heterocycles. The maximum absolute atomic E-state index is 11.5. The van der Waals surface area contributed by atoms with Gasteiger partial charge in [0.1, 0.15) is 11.6 Å². The molecule has 2 N–H and O–H groups in total.